The van der Waals surface area contributed by atoms with Crippen LogP contribution < -0.4 is 0 Å². The van der Waals surface area contributed by atoms with Crippen molar-refractivity contribution in [2.24, 2.45) is 0 Å². The lowest BCUT2D eigenvalue weighted by atomic mass is 10.1. The van der Waals surface area contributed by atoms with Crippen molar-refractivity contribution < 1.29 is 17.6 Å². The Kier molecular flexibility index (Phi) is 4.34. The number of halogens is 2. The Labute approximate surface area is 122 Å². The lowest BCUT2D eigenvalue weighted by molar-refractivity contribution is 0.0703. The van der Waals surface area contributed by atoms with Crippen molar-refractivity contribution in [1.82, 2.24) is 4.90 Å². The van der Waals surface area contributed by atoms with Gasteiger partial charge in [0.25, 0.3) is 5.91 Å². The first-order valence-corrected chi connectivity index (χ1v) is 8.50. The van der Waals surface area contributed by atoms with E-state index in [2.05, 4.69) is 0 Å². The first-order chi connectivity index (χ1) is 9.34. The summed E-state index contributed by atoms with van der Waals surface area (Å²) in [6.07, 6.45) is 0.393. The molecule has 1 aromatic rings. The normalized spacial score (nSPS) is 20.9. The minimum atomic E-state index is -3.10. The monoisotopic (exact) mass is 319 g/mol. The van der Waals surface area contributed by atoms with E-state index >= 15 is 0 Å². The van der Waals surface area contributed by atoms with Crippen LogP contribution in [0.5, 0.6) is 0 Å². The molecule has 20 heavy (non-hydrogen) atoms. The Morgan fingerprint density at radius 2 is 2.20 bits per heavy atom. The van der Waals surface area contributed by atoms with E-state index in [9.17, 15) is 17.6 Å². The number of hydrogen-bond donors (Lipinski definition) is 0. The molecule has 110 valence electrons. The Bertz CT molecular complexity index is 633. The molecule has 1 aliphatic rings. The van der Waals surface area contributed by atoms with Gasteiger partial charge in [-0.1, -0.05) is 11.6 Å². The molecule has 1 fully saturated rings. The largest absolute Gasteiger partial charge is 0.335 e. The van der Waals surface area contributed by atoms with Crippen molar-refractivity contribution in [3.05, 3.63) is 34.6 Å². The van der Waals surface area contributed by atoms with Crippen molar-refractivity contribution in [2.45, 2.75) is 19.4 Å². The highest BCUT2D eigenvalue weighted by atomic mass is 35.5. The summed E-state index contributed by atoms with van der Waals surface area (Å²) in [5.74, 6) is -1.16. The van der Waals surface area contributed by atoms with E-state index in [1.165, 1.54) is 17.0 Å². The molecule has 1 saturated heterocycles. The molecule has 0 spiro atoms. The first-order valence-electron chi connectivity index (χ1n) is 6.30. The lowest BCUT2D eigenvalue weighted by Gasteiger charge is -2.27. The quantitative estimate of drug-likeness (QED) is 0.857. The summed E-state index contributed by atoms with van der Waals surface area (Å²) in [6, 6.07) is 3.38. The smallest absolute Gasteiger partial charge is 0.257 e. The molecule has 1 amide bonds. The molecule has 0 radical (unpaired) electrons. The molecule has 4 nitrogen and oxygen atoms in total. The lowest BCUT2D eigenvalue weighted by Crippen LogP contribution is -2.41. The highest BCUT2D eigenvalue weighted by molar-refractivity contribution is 7.91. The van der Waals surface area contributed by atoms with Crippen LogP contribution in [0.15, 0.2) is 18.2 Å². The molecule has 2 rings (SSSR count). The number of amides is 1. The first kappa shape index (κ1) is 15.3. The van der Waals surface area contributed by atoms with Gasteiger partial charge in [-0.15, -0.1) is 0 Å². The zero-order valence-electron chi connectivity index (χ0n) is 11.0. The third-order valence-corrected chi connectivity index (χ3v) is 5.39. The van der Waals surface area contributed by atoms with Gasteiger partial charge in [-0.25, -0.2) is 12.8 Å². The van der Waals surface area contributed by atoms with Crippen LogP contribution in [0.25, 0.3) is 0 Å². The Balaban J connectivity index is 2.28. The number of hydrogen-bond acceptors (Lipinski definition) is 3. The fourth-order valence-corrected chi connectivity index (χ4v) is 4.31. The van der Waals surface area contributed by atoms with Gasteiger partial charge in [0.1, 0.15) is 5.82 Å². The van der Waals surface area contributed by atoms with Crippen LogP contribution in [0.1, 0.15) is 23.7 Å². The Morgan fingerprint density at radius 3 is 2.75 bits per heavy atom. The summed E-state index contributed by atoms with van der Waals surface area (Å²) >= 11 is 5.78. The summed E-state index contributed by atoms with van der Waals surface area (Å²) in [5.41, 5.74) is -0.122. The highest BCUT2D eigenvalue weighted by Crippen LogP contribution is 2.22. The number of nitrogens with zero attached hydrogens (tertiary/aromatic N) is 1. The summed E-state index contributed by atoms with van der Waals surface area (Å²) in [4.78, 5) is 13.8. The maximum Gasteiger partial charge on any atom is 0.257 e. The predicted molar refractivity (Wildman–Crippen MR) is 75.2 cm³/mol. The van der Waals surface area contributed by atoms with Crippen molar-refractivity contribution in [3.8, 4) is 0 Å². The Hall–Kier alpha value is -1.14. The molecule has 0 aromatic heterocycles. The topological polar surface area (TPSA) is 54.5 Å². The molecular formula is C13H15ClFNO3S. The molecular weight excluding hydrogens is 305 g/mol. The zero-order valence-corrected chi connectivity index (χ0v) is 12.5. The molecule has 1 heterocycles. The van der Waals surface area contributed by atoms with E-state index < -0.39 is 27.6 Å². The van der Waals surface area contributed by atoms with Crippen LogP contribution >= 0.6 is 11.6 Å². The van der Waals surface area contributed by atoms with Gasteiger partial charge in [0.15, 0.2) is 9.84 Å². The number of benzene rings is 1. The third kappa shape index (κ3) is 3.12. The van der Waals surface area contributed by atoms with Gasteiger partial charge in [-0.05, 0) is 31.5 Å². The highest BCUT2D eigenvalue weighted by Gasteiger charge is 2.34. The van der Waals surface area contributed by atoms with Gasteiger partial charge in [0, 0.05) is 17.6 Å². The second-order valence-electron chi connectivity index (χ2n) is 4.77. The van der Waals surface area contributed by atoms with Crippen molar-refractivity contribution >= 4 is 27.3 Å². The molecule has 0 bridgehead atoms. The van der Waals surface area contributed by atoms with Gasteiger partial charge in [-0.2, -0.15) is 0 Å². The van der Waals surface area contributed by atoms with Crippen LogP contribution in [-0.4, -0.2) is 43.3 Å². The number of carbonyl (C=O) groups is 1. The second-order valence-corrected chi connectivity index (χ2v) is 7.44. The minimum Gasteiger partial charge on any atom is -0.335 e. The van der Waals surface area contributed by atoms with Gasteiger partial charge >= 0.3 is 0 Å². The van der Waals surface area contributed by atoms with E-state index in [1.807, 2.05) is 0 Å². The number of rotatable bonds is 3. The molecule has 1 aromatic carbocycles. The minimum absolute atomic E-state index is 0.0607. The van der Waals surface area contributed by atoms with E-state index in [4.69, 9.17) is 11.6 Å². The average molecular weight is 320 g/mol. The van der Waals surface area contributed by atoms with Gasteiger partial charge in [0.2, 0.25) is 0 Å². The standard InChI is InChI=1S/C13H15ClFNO3S/c1-2-16(10-5-6-20(18,19)8-10)13(17)11-7-9(14)3-4-12(11)15/h3-4,7,10H,2,5-6,8H2,1H3. The van der Waals surface area contributed by atoms with E-state index in [1.54, 1.807) is 6.92 Å². The Morgan fingerprint density at radius 1 is 1.50 bits per heavy atom. The molecule has 7 heteroatoms. The van der Waals surface area contributed by atoms with Crippen LogP contribution in [0.3, 0.4) is 0 Å². The second kappa shape index (κ2) is 5.69. The van der Waals surface area contributed by atoms with Crippen LogP contribution in [0, 0.1) is 5.82 Å². The van der Waals surface area contributed by atoms with Crippen molar-refractivity contribution in [3.63, 3.8) is 0 Å². The molecule has 0 N–H and O–H groups in total. The average Bonchev–Trinajstić information content (AvgIpc) is 2.73. The zero-order chi connectivity index (χ0) is 14.9. The molecule has 0 aliphatic carbocycles. The van der Waals surface area contributed by atoms with Gasteiger partial charge < -0.3 is 4.90 Å². The third-order valence-electron chi connectivity index (χ3n) is 3.41. The molecule has 1 unspecified atom stereocenters. The van der Waals surface area contributed by atoms with E-state index in [0.29, 0.717) is 13.0 Å². The molecule has 0 saturated carbocycles. The number of sulfone groups is 1. The fourth-order valence-electron chi connectivity index (χ4n) is 2.40. The number of carbonyl (C=O) groups excluding carboxylic acids is 1. The predicted octanol–water partition coefficient (Wildman–Crippen LogP) is 2.13. The fraction of sp³-hybridized carbons (Fsp3) is 0.462. The van der Waals surface area contributed by atoms with E-state index in [0.717, 1.165) is 6.07 Å². The van der Waals surface area contributed by atoms with Crippen LogP contribution in [0.2, 0.25) is 5.02 Å². The summed E-state index contributed by atoms with van der Waals surface area (Å²) < 4.78 is 36.7. The summed E-state index contributed by atoms with van der Waals surface area (Å²) in [6.45, 7) is 2.07. The van der Waals surface area contributed by atoms with Crippen molar-refractivity contribution in [2.75, 3.05) is 18.1 Å². The van der Waals surface area contributed by atoms with E-state index in [-0.39, 0.29) is 22.1 Å². The van der Waals surface area contributed by atoms with Crippen molar-refractivity contribution in [1.29, 1.82) is 0 Å². The van der Waals surface area contributed by atoms with Crippen LogP contribution in [-0.2, 0) is 9.84 Å². The maximum atomic E-state index is 13.7. The summed E-state index contributed by atoms with van der Waals surface area (Å²) in [5, 5.41) is 0.268. The van der Waals surface area contributed by atoms with Gasteiger partial charge in [-0.3, -0.25) is 4.79 Å². The summed E-state index contributed by atoms with van der Waals surface area (Å²) in [7, 11) is -3.10. The maximum absolute atomic E-state index is 13.7. The molecule has 1 atom stereocenters. The SMILES string of the molecule is CCN(C(=O)c1cc(Cl)ccc1F)C1CCS(=O)(=O)C1. The van der Waals surface area contributed by atoms with Gasteiger partial charge in [0.05, 0.1) is 17.1 Å². The molecule has 1 aliphatic heterocycles. The van der Waals surface area contributed by atoms with Crippen LogP contribution in [0.4, 0.5) is 4.39 Å².